The highest BCUT2D eigenvalue weighted by atomic mass is 32.2. The molecule has 1 fully saturated rings. The van der Waals surface area contributed by atoms with Crippen molar-refractivity contribution in [3.63, 3.8) is 0 Å². The van der Waals surface area contributed by atoms with Crippen molar-refractivity contribution in [2.24, 2.45) is 13.0 Å². The summed E-state index contributed by atoms with van der Waals surface area (Å²) in [5.41, 5.74) is -0.244. The Morgan fingerprint density at radius 1 is 1.71 bits per heavy atom. The first-order valence-electron chi connectivity index (χ1n) is 4.45. The molecule has 1 aromatic rings. The van der Waals surface area contributed by atoms with Crippen LogP contribution in [0.5, 0.6) is 0 Å². The molecule has 1 saturated carbocycles. The molecule has 0 atom stereocenters. The average Bonchev–Trinajstić information content (AvgIpc) is 2.95. The van der Waals surface area contributed by atoms with Crippen molar-refractivity contribution >= 4 is 17.5 Å². The first-order valence-corrected chi connectivity index (χ1v) is 5.44. The monoisotopic (exact) mass is 213 g/mol. The van der Waals surface area contributed by atoms with Gasteiger partial charge >= 0.3 is 5.69 Å². The van der Waals surface area contributed by atoms with E-state index in [1.165, 1.54) is 16.3 Å². The standard InChI is InChI=1S/C8H11N3O2S/c1-11-7(13)9-10-8(11)14-4-6(12)5-2-3-5/h5H,2-4H2,1H3,(H,9,13). The molecule has 1 heterocycles. The van der Waals surface area contributed by atoms with E-state index >= 15 is 0 Å². The number of hydrogen-bond donors (Lipinski definition) is 1. The van der Waals surface area contributed by atoms with Crippen molar-refractivity contribution in [1.82, 2.24) is 14.8 Å². The molecule has 6 heteroatoms. The lowest BCUT2D eigenvalue weighted by atomic mass is 10.3. The van der Waals surface area contributed by atoms with Gasteiger partial charge in [0.05, 0.1) is 5.75 Å². The number of H-pyrrole nitrogens is 1. The fourth-order valence-electron chi connectivity index (χ4n) is 1.12. The van der Waals surface area contributed by atoms with Crippen LogP contribution < -0.4 is 5.69 Å². The zero-order valence-electron chi connectivity index (χ0n) is 7.82. The number of carbonyl (C=O) groups excluding carboxylic acids is 1. The van der Waals surface area contributed by atoms with Crippen LogP contribution >= 0.6 is 11.8 Å². The van der Waals surface area contributed by atoms with Crippen molar-refractivity contribution in [1.29, 1.82) is 0 Å². The number of nitrogens with one attached hydrogen (secondary N) is 1. The van der Waals surface area contributed by atoms with Gasteiger partial charge in [-0.15, -0.1) is 5.10 Å². The average molecular weight is 213 g/mol. The summed E-state index contributed by atoms with van der Waals surface area (Å²) in [6.07, 6.45) is 2.05. The number of carbonyl (C=O) groups is 1. The molecule has 5 nitrogen and oxygen atoms in total. The predicted octanol–water partition coefficient (Wildman–Crippen LogP) is 0.180. The number of aromatic nitrogens is 3. The minimum absolute atomic E-state index is 0.244. The van der Waals surface area contributed by atoms with E-state index in [1.54, 1.807) is 7.05 Å². The Morgan fingerprint density at radius 3 is 2.93 bits per heavy atom. The highest BCUT2D eigenvalue weighted by Gasteiger charge is 2.29. The first-order chi connectivity index (χ1) is 6.68. The number of hydrogen-bond acceptors (Lipinski definition) is 4. The van der Waals surface area contributed by atoms with Gasteiger partial charge in [-0.1, -0.05) is 11.8 Å². The quantitative estimate of drug-likeness (QED) is 0.724. The lowest BCUT2D eigenvalue weighted by molar-refractivity contribution is -0.117. The molecule has 0 amide bonds. The van der Waals surface area contributed by atoms with Gasteiger partial charge in [-0.3, -0.25) is 9.36 Å². The SMILES string of the molecule is Cn1c(SCC(=O)C2CC2)n[nH]c1=O. The topological polar surface area (TPSA) is 67.8 Å². The summed E-state index contributed by atoms with van der Waals surface area (Å²) >= 11 is 1.32. The number of ketones is 1. The van der Waals surface area contributed by atoms with Gasteiger partial charge in [-0.2, -0.15) is 0 Å². The lowest BCUT2D eigenvalue weighted by Gasteiger charge is -1.97. The number of aromatic amines is 1. The Morgan fingerprint density at radius 2 is 2.43 bits per heavy atom. The Kier molecular flexibility index (Phi) is 2.45. The van der Waals surface area contributed by atoms with Gasteiger partial charge in [0, 0.05) is 13.0 Å². The Bertz CT molecular complexity index is 405. The summed E-state index contributed by atoms with van der Waals surface area (Å²) in [6, 6.07) is 0. The molecule has 0 spiro atoms. The van der Waals surface area contributed by atoms with Crippen molar-refractivity contribution in [2.45, 2.75) is 18.0 Å². The molecule has 1 aliphatic carbocycles. The Labute approximate surface area is 84.9 Å². The minimum Gasteiger partial charge on any atom is -0.298 e. The van der Waals surface area contributed by atoms with Crippen molar-refractivity contribution in [3.8, 4) is 0 Å². The van der Waals surface area contributed by atoms with Gasteiger partial charge < -0.3 is 0 Å². The van der Waals surface area contributed by atoms with Crippen LogP contribution in [0.2, 0.25) is 0 Å². The highest BCUT2D eigenvalue weighted by Crippen LogP contribution is 2.31. The summed E-state index contributed by atoms with van der Waals surface area (Å²) < 4.78 is 1.41. The van der Waals surface area contributed by atoms with Gasteiger partial charge in [0.15, 0.2) is 5.16 Å². The summed E-state index contributed by atoms with van der Waals surface area (Å²) in [6.45, 7) is 0. The zero-order valence-corrected chi connectivity index (χ0v) is 8.63. The summed E-state index contributed by atoms with van der Waals surface area (Å²) in [5, 5.41) is 6.71. The third kappa shape index (κ3) is 1.89. The summed E-state index contributed by atoms with van der Waals surface area (Å²) in [5.74, 6) is 0.965. The van der Waals surface area contributed by atoms with Crippen LogP contribution in [0.4, 0.5) is 0 Å². The fraction of sp³-hybridized carbons (Fsp3) is 0.625. The molecular formula is C8H11N3O2S. The maximum absolute atomic E-state index is 11.4. The van der Waals surface area contributed by atoms with E-state index in [0.717, 1.165) is 12.8 Å². The van der Waals surface area contributed by atoms with E-state index in [4.69, 9.17) is 0 Å². The number of nitrogens with zero attached hydrogens (tertiary/aromatic N) is 2. The van der Waals surface area contributed by atoms with Crippen LogP contribution in [-0.2, 0) is 11.8 Å². The number of rotatable bonds is 4. The van der Waals surface area contributed by atoms with E-state index in [9.17, 15) is 9.59 Å². The van der Waals surface area contributed by atoms with Gasteiger partial charge in [0.2, 0.25) is 0 Å². The molecule has 0 saturated heterocycles. The molecule has 0 aromatic carbocycles. The molecule has 0 radical (unpaired) electrons. The van der Waals surface area contributed by atoms with E-state index in [1.807, 2.05) is 0 Å². The Balaban J connectivity index is 1.94. The van der Waals surface area contributed by atoms with Crippen LogP contribution in [-0.4, -0.2) is 26.3 Å². The lowest BCUT2D eigenvalue weighted by Crippen LogP contribution is -2.13. The fourth-order valence-corrected chi connectivity index (χ4v) is 2.01. The van der Waals surface area contributed by atoms with Gasteiger partial charge in [-0.25, -0.2) is 9.89 Å². The van der Waals surface area contributed by atoms with Crippen molar-refractivity contribution < 1.29 is 4.79 Å². The van der Waals surface area contributed by atoms with E-state index in [2.05, 4.69) is 10.2 Å². The second-order valence-corrected chi connectivity index (χ2v) is 4.34. The van der Waals surface area contributed by atoms with E-state index in [0.29, 0.717) is 10.9 Å². The second kappa shape index (κ2) is 3.61. The summed E-state index contributed by atoms with van der Waals surface area (Å²) in [4.78, 5) is 22.3. The molecular weight excluding hydrogens is 202 g/mol. The van der Waals surface area contributed by atoms with Crippen LogP contribution in [0.1, 0.15) is 12.8 Å². The Hall–Kier alpha value is -1.04. The van der Waals surface area contributed by atoms with Gasteiger partial charge in [-0.05, 0) is 12.8 Å². The molecule has 1 aliphatic rings. The molecule has 1 aromatic heterocycles. The molecule has 76 valence electrons. The smallest absolute Gasteiger partial charge is 0.298 e. The largest absolute Gasteiger partial charge is 0.343 e. The normalized spacial score (nSPS) is 15.8. The third-order valence-electron chi connectivity index (χ3n) is 2.21. The molecule has 2 rings (SSSR count). The van der Waals surface area contributed by atoms with Crippen LogP contribution in [0.3, 0.4) is 0 Å². The molecule has 1 N–H and O–H groups in total. The van der Waals surface area contributed by atoms with Crippen molar-refractivity contribution in [3.05, 3.63) is 10.5 Å². The summed E-state index contributed by atoms with van der Waals surface area (Å²) in [7, 11) is 1.63. The maximum atomic E-state index is 11.4. The molecule has 0 aliphatic heterocycles. The van der Waals surface area contributed by atoms with Gasteiger partial charge in [0.25, 0.3) is 0 Å². The van der Waals surface area contributed by atoms with Crippen molar-refractivity contribution in [2.75, 3.05) is 5.75 Å². The molecule has 0 bridgehead atoms. The van der Waals surface area contributed by atoms with E-state index < -0.39 is 0 Å². The third-order valence-corrected chi connectivity index (χ3v) is 3.27. The van der Waals surface area contributed by atoms with Crippen LogP contribution in [0.15, 0.2) is 9.95 Å². The van der Waals surface area contributed by atoms with E-state index in [-0.39, 0.29) is 17.4 Å². The maximum Gasteiger partial charge on any atom is 0.343 e. The minimum atomic E-state index is -0.244. The second-order valence-electron chi connectivity index (χ2n) is 3.40. The van der Waals surface area contributed by atoms with Gasteiger partial charge in [0.1, 0.15) is 5.78 Å². The first kappa shape index (κ1) is 9.51. The number of Topliss-reactive ketones (excluding diaryl/α,β-unsaturated/α-hetero) is 1. The molecule has 0 unspecified atom stereocenters. The highest BCUT2D eigenvalue weighted by molar-refractivity contribution is 7.99. The predicted molar refractivity (Wildman–Crippen MR) is 52.3 cm³/mol. The number of thioether (sulfide) groups is 1. The molecule has 14 heavy (non-hydrogen) atoms. The zero-order chi connectivity index (χ0) is 10.1. The van der Waals surface area contributed by atoms with Crippen LogP contribution in [0.25, 0.3) is 0 Å². The van der Waals surface area contributed by atoms with Crippen LogP contribution in [0, 0.1) is 5.92 Å².